The highest BCUT2D eigenvalue weighted by Crippen LogP contribution is 2.29. The molecule has 1 aliphatic rings. The Morgan fingerprint density at radius 2 is 1.80 bits per heavy atom. The number of aliphatic hydroxyl groups is 1. The van der Waals surface area contributed by atoms with Gasteiger partial charge in [-0.15, -0.1) is 5.10 Å². The molecule has 4 bridgehead atoms. The van der Waals surface area contributed by atoms with Crippen LogP contribution in [0, 0.1) is 19.8 Å². The number of methoxy groups -OCH3 is 1. The molecule has 4 N–H and O–H groups in total. The van der Waals surface area contributed by atoms with E-state index in [1.165, 1.54) is 20.1 Å². The molecule has 3 aromatic rings. The lowest BCUT2D eigenvalue weighted by Crippen LogP contribution is -2.57. The average Bonchev–Trinajstić information content (AvgIpc) is 3.67. The Balaban J connectivity index is 1.56. The fourth-order valence-corrected chi connectivity index (χ4v) is 5.80. The molecule has 0 radical (unpaired) electrons. The van der Waals surface area contributed by atoms with Crippen molar-refractivity contribution in [2.45, 2.75) is 98.2 Å². The van der Waals surface area contributed by atoms with E-state index in [4.69, 9.17) is 9.47 Å². The highest BCUT2D eigenvalue weighted by molar-refractivity contribution is 5.99. The van der Waals surface area contributed by atoms with Crippen LogP contribution in [0.3, 0.4) is 0 Å². The molecule has 0 spiro atoms. The number of nitrogens with one attached hydrogen (secondary N) is 3. The molecular formula is C35H51N9O7. The molecule has 16 nitrogen and oxygen atoms in total. The van der Waals surface area contributed by atoms with Crippen molar-refractivity contribution < 1.29 is 33.8 Å². The third-order valence-electron chi connectivity index (χ3n) is 8.49. The zero-order chi connectivity index (χ0) is 37.1. The number of carbonyl (C=O) groups is 4. The molecule has 0 saturated heterocycles. The van der Waals surface area contributed by atoms with E-state index in [2.05, 4.69) is 31.4 Å². The molecule has 1 aromatic carbocycles. The number of aliphatic hydroxyl groups excluding tert-OH is 1. The lowest BCUT2D eigenvalue weighted by molar-refractivity contribution is -0.132. The Labute approximate surface area is 298 Å². The topological polar surface area (TPSA) is 195 Å². The summed E-state index contributed by atoms with van der Waals surface area (Å²) in [4.78, 5) is 55.3. The summed E-state index contributed by atoms with van der Waals surface area (Å²) in [6.07, 6.45) is 2.62. The fourth-order valence-electron chi connectivity index (χ4n) is 5.80. The predicted molar refractivity (Wildman–Crippen MR) is 187 cm³/mol. The second-order valence-electron chi connectivity index (χ2n) is 13.3. The Morgan fingerprint density at radius 3 is 2.49 bits per heavy atom. The molecule has 16 heteroatoms. The summed E-state index contributed by atoms with van der Waals surface area (Å²) < 4.78 is 14.8. The number of rotatable bonds is 6. The van der Waals surface area contributed by atoms with Crippen LogP contribution in [-0.2, 0) is 34.1 Å². The van der Waals surface area contributed by atoms with Gasteiger partial charge in [-0.25, -0.2) is 0 Å². The van der Waals surface area contributed by atoms with Crippen molar-refractivity contribution in [3.8, 4) is 11.5 Å². The van der Waals surface area contributed by atoms with E-state index in [1.807, 2.05) is 33.8 Å². The van der Waals surface area contributed by atoms with Gasteiger partial charge >= 0.3 is 0 Å². The van der Waals surface area contributed by atoms with Crippen LogP contribution in [0.5, 0.6) is 11.5 Å². The van der Waals surface area contributed by atoms with Crippen molar-refractivity contribution in [3.05, 3.63) is 53.1 Å². The van der Waals surface area contributed by atoms with Crippen LogP contribution in [0.15, 0.2) is 30.5 Å². The van der Waals surface area contributed by atoms with E-state index in [0.29, 0.717) is 56.1 Å². The summed E-state index contributed by atoms with van der Waals surface area (Å²) in [5, 5.41) is 31.5. The molecule has 4 rings (SSSR count). The van der Waals surface area contributed by atoms with Crippen LogP contribution in [-0.4, -0.2) is 103 Å². The second-order valence-corrected chi connectivity index (χ2v) is 13.3. The van der Waals surface area contributed by atoms with Gasteiger partial charge in [-0.1, -0.05) is 19.1 Å². The van der Waals surface area contributed by atoms with E-state index in [-0.39, 0.29) is 43.5 Å². The van der Waals surface area contributed by atoms with Gasteiger partial charge in [-0.05, 0) is 76.6 Å². The molecular weight excluding hydrogens is 658 g/mol. The molecule has 1 aliphatic heterocycles. The minimum Gasteiger partial charge on any atom is -0.493 e. The second kappa shape index (κ2) is 18.3. The van der Waals surface area contributed by atoms with Gasteiger partial charge in [0, 0.05) is 37.4 Å². The summed E-state index contributed by atoms with van der Waals surface area (Å²) >= 11 is 0. The molecule has 3 atom stereocenters. The third-order valence-corrected chi connectivity index (χ3v) is 8.49. The maximum absolute atomic E-state index is 13.5. The van der Waals surface area contributed by atoms with Crippen LogP contribution in [0.25, 0.3) is 0 Å². The molecule has 0 fully saturated rings. The van der Waals surface area contributed by atoms with Crippen LogP contribution in [0.1, 0.15) is 73.9 Å². The van der Waals surface area contributed by atoms with Crippen LogP contribution in [0.4, 0.5) is 0 Å². The highest BCUT2D eigenvalue weighted by Gasteiger charge is 2.30. The fraction of sp³-hybridized carbons (Fsp3) is 0.571. The van der Waals surface area contributed by atoms with E-state index < -0.39 is 35.9 Å². The third kappa shape index (κ3) is 11.3. The highest BCUT2D eigenvalue weighted by atomic mass is 16.5. The molecule has 3 heterocycles. The summed E-state index contributed by atoms with van der Waals surface area (Å²) in [6, 6.07) is 4.36. The van der Waals surface area contributed by atoms with Crippen molar-refractivity contribution in [3.63, 3.8) is 0 Å². The first-order valence-electron chi connectivity index (χ1n) is 17.4. The average molecular weight is 710 g/mol. The van der Waals surface area contributed by atoms with E-state index in [0.717, 1.165) is 11.4 Å². The summed E-state index contributed by atoms with van der Waals surface area (Å²) in [5.41, 5.74) is 2.52. The minimum absolute atomic E-state index is 0.0222. The number of amides is 4. The van der Waals surface area contributed by atoms with Crippen LogP contribution >= 0.6 is 0 Å². The number of aryl methyl sites for hydroxylation is 3. The number of hydrogen-bond acceptors (Lipinski definition) is 10. The van der Waals surface area contributed by atoms with Gasteiger partial charge in [0.05, 0.1) is 25.1 Å². The number of aromatic nitrogens is 5. The first-order valence-corrected chi connectivity index (χ1v) is 17.4. The number of ether oxygens (including phenoxy) is 2. The molecule has 0 saturated carbocycles. The standard InChI is InChI=1S/C35H51N9O7/c1-22(2)16-28-34(48)38-32(25(5)45)35(49)36-12-7-8-13-42(31(46)20-44-24(4)17-23(3)40-44)14-9-15-43-19-27(39-41-43)21-51-30-18-26(33(47)37-28)10-11-29(30)50-6/h10-11,17-19,22,25,28,32,45H,7-9,12-16,20-21H2,1-6H3,(H,36,49)(H,37,47)(H,38,48)/t25-,28-,32+/m1/s1. The predicted octanol–water partition coefficient (Wildman–Crippen LogP) is 1.52. The molecule has 2 aromatic heterocycles. The smallest absolute Gasteiger partial charge is 0.252 e. The van der Waals surface area contributed by atoms with Crippen molar-refractivity contribution in [1.82, 2.24) is 45.6 Å². The van der Waals surface area contributed by atoms with E-state index in [1.54, 1.807) is 32.6 Å². The Bertz CT molecular complexity index is 1650. The monoisotopic (exact) mass is 709 g/mol. The molecule has 4 amide bonds. The maximum atomic E-state index is 13.5. The van der Waals surface area contributed by atoms with Crippen molar-refractivity contribution in [1.29, 1.82) is 0 Å². The van der Waals surface area contributed by atoms with Crippen molar-refractivity contribution >= 4 is 23.6 Å². The lowest BCUT2D eigenvalue weighted by atomic mass is 10.0. The van der Waals surface area contributed by atoms with Gasteiger partial charge in [-0.3, -0.25) is 28.5 Å². The van der Waals surface area contributed by atoms with Crippen LogP contribution in [0.2, 0.25) is 0 Å². The number of nitrogens with zero attached hydrogens (tertiary/aromatic N) is 6. The van der Waals surface area contributed by atoms with Gasteiger partial charge in [0.25, 0.3) is 5.91 Å². The molecule has 0 aliphatic carbocycles. The molecule has 0 unspecified atom stereocenters. The van der Waals surface area contributed by atoms with Gasteiger partial charge < -0.3 is 35.4 Å². The van der Waals surface area contributed by atoms with Crippen molar-refractivity contribution in [2.24, 2.45) is 5.92 Å². The van der Waals surface area contributed by atoms with Crippen LogP contribution < -0.4 is 25.4 Å². The number of fused-ring (bicyclic) bond motifs is 4. The van der Waals surface area contributed by atoms with E-state index >= 15 is 0 Å². The first kappa shape index (κ1) is 38.8. The van der Waals surface area contributed by atoms with E-state index in [9.17, 15) is 24.3 Å². The minimum atomic E-state index is -1.25. The Morgan fingerprint density at radius 1 is 1.04 bits per heavy atom. The maximum Gasteiger partial charge on any atom is 0.252 e. The first-order chi connectivity index (χ1) is 24.3. The van der Waals surface area contributed by atoms with Gasteiger partial charge in [-0.2, -0.15) is 5.10 Å². The number of benzene rings is 1. The van der Waals surface area contributed by atoms with Gasteiger partial charge in [0.1, 0.15) is 30.9 Å². The normalized spacial score (nSPS) is 19.3. The van der Waals surface area contributed by atoms with Crippen molar-refractivity contribution in [2.75, 3.05) is 26.7 Å². The Hall–Kier alpha value is -4.99. The Kier molecular flexibility index (Phi) is 13.9. The van der Waals surface area contributed by atoms with Gasteiger partial charge in [0.2, 0.25) is 17.7 Å². The number of hydrogen-bond donors (Lipinski definition) is 4. The largest absolute Gasteiger partial charge is 0.493 e. The zero-order valence-electron chi connectivity index (χ0n) is 30.3. The van der Waals surface area contributed by atoms with Gasteiger partial charge in [0.15, 0.2) is 11.5 Å². The SMILES string of the molecule is COc1ccc2cc1OCc1cn(nn1)CCCN(C(=O)Cn1nc(C)cc1C)CCCCNC(=O)[C@H]([C@@H](C)O)NC(=O)[C@@H](CC(C)C)NC2=O. The number of carbonyl (C=O) groups excluding carboxylic acids is 4. The summed E-state index contributed by atoms with van der Waals surface area (Å²) in [5.74, 6) is -1.04. The molecule has 51 heavy (non-hydrogen) atoms. The quantitative estimate of drug-likeness (QED) is 0.292. The summed E-state index contributed by atoms with van der Waals surface area (Å²) in [7, 11) is 1.49. The summed E-state index contributed by atoms with van der Waals surface area (Å²) in [6.45, 7) is 10.9. The zero-order valence-corrected chi connectivity index (χ0v) is 30.3. The molecule has 278 valence electrons. The lowest BCUT2D eigenvalue weighted by Gasteiger charge is -2.26.